The average Bonchev–Trinajstić information content (AvgIpc) is 3.31. The van der Waals surface area contributed by atoms with E-state index in [0.717, 1.165) is 23.5 Å². The van der Waals surface area contributed by atoms with Crippen LogP contribution in [0.15, 0.2) is 59.3 Å². The molecule has 1 aliphatic heterocycles. The Morgan fingerprint density at radius 2 is 2.12 bits per heavy atom. The van der Waals surface area contributed by atoms with Crippen LogP contribution in [0.5, 0.6) is 0 Å². The average molecular weight is 336 g/mol. The molecule has 0 saturated carbocycles. The van der Waals surface area contributed by atoms with Gasteiger partial charge in [0.1, 0.15) is 11.5 Å². The van der Waals surface area contributed by atoms with Gasteiger partial charge in [-0.05, 0) is 24.1 Å². The monoisotopic (exact) mass is 336 g/mol. The molecule has 2 amide bonds. The minimum Gasteiger partial charge on any atom is -0.459 e. The molecule has 3 heterocycles. The first-order valence-corrected chi connectivity index (χ1v) is 8.47. The summed E-state index contributed by atoms with van der Waals surface area (Å²) in [5, 5.41) is 7.07. The van der Waals surface area contributed by atoms with Gasteiger partial charge < -0.3 is 14.6 Å². The van der Waals surface area contributed by atoms with Crippen molar-refractivity contribution in [3.8, 4) is 11.3 Å². The van der Waals surface area contributed by atoms with E-state index in [-0.39, 0.29) is 6.03 Å². The summed E-state index contributed by atoms with van der Waals surface area (Å²) in [4.78, 5) is 14.2. The molecule has 0 spiro atoms. The number of hydrogen-bond donors (Lipinski definition) is 1. The molecule has 1 aromatic carbocycles. The van der Waals surface area contributed by atoms with Crippen molar-refractivity contribution < 1.29 is 9.21 Å². The van der Waals surface area contributed by atoms with Crippen LogP contribution in [0, 0.1) is 0 Å². The molecule has 2 aromatic heterocycles. The molecule has 6 nitrogen and oxygen atoms in total. The van der Waals surface area contributed by atoms with E-state index in [0.29, 0.717) is 26.2 Å². The standard InChI is InChI=1S/C19H20N4O2/c24-19(20-9-12-23-10-4-8-21-23)22-11-7-16-13-17(25-18(16)14-22)15-5-2-1-3-6-15/h1-6,8,10,13H,7,9,11-12,14H2,(H,20,24). The van der Waals surface area contributed by atoms with Crippen molar-refractivity contribution in [2.75, 3.05) is 13.1 Å². The van der Waals surface area contributed by atoms with Gasteiger partial charge >= 0.3 is 6.03 Å². The predicted octanol–water partition coefficient (Wildman–Crippen LogP) is 2.91. The van der Waals surface area contributed by atoms with Gasteiger partial charge in [-0.1, -0.05) is 30.3 Å². The van der Waals surface area contributed by atoms with Crippen LogP contribution in [-0.4, -0.2) is 33.8 Å². The maximum Gasteiger partial charge on any atom is 0.317 e. The molecule has 0 radical (unpaired) electrons. The number of fused-ring (bicyclic) bond motifs is 1. The molecule has 0 bridgehead atoms. The third-order valence-corrected chi connectivity index (χ3v) is 4.40. The Bertz CT molecular complexity index is 840. The van der Waals surface area contributed by atoms with Gasteiger partial charge in [0, 0.05) is 31.0 Å². The minimum absolute atomic E-state index is 0.0598. The van der Waals surface area contributed by atoms with E-state index in [2.05, 4.69) is 16.5 Å². The zero-order valence-corrected chi connectivity index (χ0v) is 13.9. The van der Waals surface area contributed by atoms with Crippen LogP contribution in [-0.2, 0) is 19.5 Å². The van der Waals surface area contributed by atoms with Gasteiger partial charge in [0.2, 0.25) is 0 Å². The molecule has 25 heavy (non-hydrogen) atoms. The summed E-state index contributed by atoms with van der Waals surface area (Å²) in [5.41, 5.74) is 2.26. The molecule has 0 atom stereocenters. The topological polar surface area (TPSA) is 63.3 Å². The third kappa shape index (κ3) is 3.42. The van der Waals surface area contributed by atoms with Crippen molar-refractivity contribution in [3.05, 3.63) is 66.2 Å². The van der Waals surface area contributed by atoms with Crippen LogP contribution in [0.2, 0.25) is 0 Å². The van der Waals surface area contributed by atoms with Gasteiger partial charge in [0.05, 0.1) is 13.1 Å². The second-order valence-corrected chi connectivity index (χ2v) is 6.10. The molecule has 0 aliphatic carbocycles. The maximum atomic E-state index is 12.4. The summed E-state index contributed by atoms with van der Waals surface area (Å²) in [6.45, 7) is 2.43. The van der Waals surface area contributed by atoms with Crippen LogP contribution < -0.4 is 5.32 Å². The lowest BCUT2D eigenvalue weighted by atomic mass is 10.1. The number of aromatic nitrogens is 2. The summed E-state index contributed by atoms with van der Waals surface area (Å²) >= 11 is 0. The number of rotatable bonds is 4. The number of hydrogen-bond acceptors (Lipinski definition) is 3. The Morgan fingerprint density at radius 3 is 2.92 bits per heavy atom. The first-order chi connectivity index (χ1) is 12.3. The highest BCUT2D eigenvalue weighted by molar-refractivity contribution is 5.74. The smallest absolute Gasteiger partial charge is 0.317 e. The van der Waals surface area contributed by atoms with E-state index in [9.17, 15) is 4.79 Å². The van der Waals surface area contributed by atoms with Crippen LogP contribution in [0.3, 0.4) is 0 Å². The summed E-state index contributed by atoms with van der Waals surface area (Å²) in [7, 11) is 0. The highest BCUT2D eigenvalue weighted by Gasteiger charge is 2.24. The van der Waals surface area contributed by atoms with Crippen LogP contribution in [0.1, 0.15) is 11.3 Å². The third-order valence-electron chi connectivity index (χ3n) is 4.40. The molecule has 3 aromatic rings. The van der Waals surface area contributed by atoms with Crippen LogP contribution >= 0.6 is 0 Å². The highest BCUT2D eigenvalue weighted by Crippen LogP contribution is 2.29. The van der Waals surface area contributed by atoms with Crippen molar-refractivity contribution in [1.29, 1.82) is 0 Å². The second-order valence-electron chi connectivity index (χ2n) is 6.10. The van der Waals surface area contributed by atoms with Gasteiger partial charge in [-0.15, -0.1) is 0 Å². The van der Waals surface area contributed by atoms with E-state index in [1.165, 1.54) is 5.56 Å². The normalized spacial score (nSPS) is 13.5. The molecule has 4 rings (SSSR count). The molecule has 128 valence electrons. The summed E-state index contributed by atoms with van der Waals surface area (Å²) in [5.74, 6) is 1.75. The number of amides is 2. The molecular formula is C19H20N4O2. The number of benzene rings is 1. The van der Waals surface area contributed by atoms with Crippen molar-refractivity contribution >= 4 is 6.03 Å². The Balaban J connectivity index is 1.37. The van der Waals surface area contributed by atoms with E-state index >= 15 is 0 Å². The SMILES string of the molecule is O=C(NCCn1cccn1)N1CCc2cc(-c3ccccc3)oc2C1. The number of nitrogens with zero attached hydrogens (tertiary/aromatic N) is 3. The Kier molecular flexibility index (Phi) is 4.24. The van der Waals surface area contributed by atoms with Crippen molar-refractivity contribution in [2.45, 2.75) is 19.5 Å². The van der Waals surface area contributed by atoms with Gasteiger partial charge in [0.25, 0.3) is 0 Å². The number of nitrogens with one attached hydrogen (secondary N) is 1. The quantitative estimate of drug-likeness (QED) is 0.797. The molecule has 0 fully saturated rings. The summed E-state index contributed by atoms with van der Waals surface area (Å²) in [6, 6.07) is 13.9. The van der Waals surface area contributed by atoms with Crippen LogP contribution in [0.25, 0.3) is 11.3 Å². The Hall–Kier alpha value is -3.02. The van der Waals surface area contributed by atoms with Gasteiger partial charge in [-0.3, -0.25) is 4.68 Å². The van der Waals surface area contributed by atoms with Crippen molar-refractivity contribution in [1.82, 2.24) is 20.0 Å². The van der Waals surface area contributed by atoms with Crippen molar-refractivity contribution in [2.24, 2.45) is 0 Å². The first kappa shape index (κ1) is 15.5. The fourth-order valence-corrected chi connectivity index (χ4v) is 3.06. The highest BCUT2D eigenvalue weighted by atomic mass is 16.3. The van der Waals surface area contributed by atoms with Gasteiger partial charge in [0.15, 0.2) is 0 Å². The lowest BCUT2D eigenvalue weighted by Gasteiger charge is -2.26. The van der Waals surface area contributed by atoms with Gasteiger partial charge in [-0.25, -0.2) is 4.79 Å². The minimum atomic E-state index is -0.0598. The van der Waals surface area contributed by atoms with E-state index in [1.807, 2.05) is 42.6 Å². The molecule has 1 N–H and O–H groups in total. The Morgan fingerprint density at radius 1 is 1.24 bits per heavy atom. The second kappa shape index (κ2) is 6.84. The zero-order valence-electron chi connectivity index (χ0n) is 13.9. The molecule has 0 saturated heterocycles. The van der Waals surface area contributed by atoms with E-state index in [4.69, 9.17) is 4.42 Å². The lowest BCUT2D eigenvalue weighted by Crippen LogP contribution is -2.43. The number of carbonyl (C=O) groups is 1. The van der Waals surface area contributed by atoms with E-state index < -0.39 is 0 Å². The number of carbonyl (C=O) groups excluding carboxylic acids is 1. The number of furan rings is 1. The predicted molar refractivity (Wildman–Crippen MR) is 93.9 cm³/mol. The molecule has 6 heteroatoms. The van der Waals surface area contributed by atoms with Crippen molar-refractivity contribution in [3.63, 3.8) is 0 Å². The summed E-state index contributed by atoms with van der Waals surface area (Å²) < 4.78 is 7.80. The van der Waals surface area contributed by atoms with E-state index in [1.54, 1.807) is 15.8 Å². The maximum absolute atomic E-state index is 12.4. The largest absolute Gasteiger partial charge is 0.459 e. The van der Waals surface area contributed by atoms with Crippen LogP contribution in [0.4, 0.5) is 4.79 Å². The lowest BCUT2D eigenvalue weighted by molar-refractivity contribution is 0.186. The Labute approximate surface area is 146 Å². The number of urea groups is 1. The zero-order chi connectivity index (χ0) is 17.1. The molecular weight excluding hydrogens is 316 g/mol. The fourth-order valence-electron chi connectivity index (χ4n) is 3.06. The van der Waals surface area contributed by atoms with Gasteiger partial charge in [-0.2, -0.15) is 5.10 Å². The fraction of sp³-hybridized carbons (Fsp3) is 0.263. The molecule has 0 unspecified atom stereocenters. The summed E-state index contributed by atoms with van der Waals surface area (Å²) in [6.07, 6.45) is 4.43. The molecule has 1 aliphatic rings. The first-order valence-electron chi connectivity index (χ1n) is 8.47.